The first-order chi connectivity index (χ1) is 15.1. The van der Waals surface area contributed by atoms with Crippen LogP contribution in [0.2, 0.25) is 0 Å². The van der Waals surface area contributed by atoms with Gasteiger partial charge in [-0.3, -0.25) is 10.2 Å². The van der Waals surface area contributed by atoms with Crippen molar-refractivity contribution in [3.8, 4) is 0 Å². The lowest BCUT2D eigenvalue weighted by Gasteiger charge is -2.20. The minimum Gasteiger partial charge on any atom is -0.342 e. The van der Waals surface area contributed by atoms with E-state index in [1.165, 1.54) is 22.3 Å². The molecule has 6 nitrogen and oxygen atoms in total. The van der Waals surface area contributed by atoms with Gasteiger partial charge in [-0.1, -0.05) is 55.5 Å². The van der Waals surface area contributed by atoms with Crippen LogP contribution in [-0.4, -0.2) is 31.5 Å². The predicted octanol–water partition coefficient (Wildman–Crippen LogP) is 5.11. The maximum atomic E-state index is 12.8. The van der Waals surface area contributed by atoms with Crippen LogP contribution < -0.4 is 0 Å². The van der Waals surface area contributed by atoms with Gasteiger partial charge in [-0.25, -0.2) is 0 Å². The molecule has 0 atom stereocenters. The van der Waals surface area contributed by atoms with Crippen molar-refractivity contribution < 1.29 is 4.79 Å². The summed E-state index contributed by atoms with van der Waals surface area (Å²) in [6.07, 6.45) is 5.58. The van der Waals surface area contributed by atoms with Crippen LogP contribution in [-0.2, 0) is 11.3 Å². The number of hydrogen-bond acceptors (Lipinski definition) is 4. The Hall–Kier alpha value is -3.45. The lowest BCUT2D eigenvalue weighted by molar-refractivity contribution is -0.114. The SMILES string of the molecule is CCCC1=NN2C(=N)C(=Cc3cn(Cc4ccccc4)c4ccccc34)C(=O)N=C2S1. The topological polar surface area (TPSA) is 73.8 Å². The number of benzene rings is 2. The molecule has 0 aliphatic carbocycles. The lowest BCUT2D eigenvalue weighted by atomic mass is 10.1. The molecule has 0 fully saturated rings. The number of nitrogens with one attached hydrogen (secondary N) is 1. The Morgan fingerprint density at radius 3 is 2.68 bits per heavy atom. The number of amidine groups is 2. The van der Waals surface area contributed by atoms with Crippen molar-refractivity contribution >= 4 is 50.7 Å². The first-order valence-corrected chi connectivity index (χ1v) is 11.1. The van der Waals surface area contributed by atoms with Gasteiger partial charge in [0.05, 0.1) is 5.57 Å². The zero-order valence-corrected chi connectivity index (χ0v) is 17.9. The molecule has 5 rings (SSSR count). The van der Waals surface area contributed by atoms with E-state index in [9.17, 15) is 4.79 Å². The fourth-order valence-corrected chi connectivity index (χ4v) is 4.79. The summed E-state index contributed by atoms with van der Waals surface area (Å²) in [4.78, 5) is 17.0. The van der Waals surface area contributed by atoms with Crippen LogP contribution >= 0.6 is 11.8 Å². The molecule has 3 aromatic rings. The number of hydrogen-bond donors (Lipinski definition) is 1. The Morgan fingerprint density at radius 2 is 1.87 bits per heavy atom. The monoisotopic (exact) mass is 427 g/mol. The fourth-order valence-electron chi connectivity index (χ4n) is 3.80. The number of nitrogens with zero attached hydrogens (tertiary/aromatic N) is 4. The zero-order valence-electron chi connectivity index (χ0n) is 17.1. The molecule has 0 spiro atoms. The van der Waals surface area contributed by atoms with Gasteiger partial charge in [-0.2, -0.15) is 15.1 Å². The van der Waals surface area contributed by atoms with Gasteiger partial charge in [0.2, 0.25) is 5.17 Å². The summed E-state index contributed by atoms with van der Waals surface area (Å²) in [7, 11) is 0. The Bertz CT molecular complexity index is 1290. The third-order valence-electron chi connectivity index (χ3n) is 5.28. The second-order valence-electron chi connectivity index (χ2n) is 7.48. The molecule has 1 aromatic heterocycles. The Labute approximate surface area is 184 Å². The Balaban J connectivity index is 1.54. The number of hydrazone groups is 1. The molecular weight excluding hydrogens is 406 g/mol. The molecule has 0 saturated carbocycles. The highest BCUT2D eigenvalue weighted by Crippen LogP contribution is 2.31. The average molecular weight is 428 g/mol. The smallest absolute Gasteiger partial charge is 0.283 e. The third-order valence-corrected chi connectivity index (χ3v) is 6.24. The number of amides is 1. The van der Waals surface area contributed by atoms with E-state index in [1.807, 2.05) is 42.6 Å². The number of aromatic nitrogens is 1. The highest BCUT2D eigenvalue weighted by molar-refractivity contribution is 8.26. The van der Waals surface area contributed by atoms with Crippen LogP contribution in [0, 0.1) is 5.41 Å². The molecule has 1 N–H and O–H groups in total. The molecule has 0 unspecified atom stereocenters. The molecular formula is C24H21N5OS. The van der Waals surface area contributed by atoms with Gasteiger partial charge < -0.3 is 4.57 Å². The van der Waals surface area contributed by atoms with Crippen LogP contribution in [0.25, 0.3) is 17.0 Å². The van der Waals surface area contributed by atoms with Crippen molar-refractivity contribution in [2.24, 2.45) is 10.1 Å². The largest absolute Gasteiger partial charge is 0.342 e. The predicted molar refractivity (Wildman–Crippen MR) is 127 cm³/mol. The number of para-hydroxylation sites is 1. The number of carbonyl (C=O) groups excluding carboxylic acids is 1. The van der Waals surface area contributed by atoms with Crippen LogP contribution in [0.15, 0.2) is 76.5 Å². The van der Waals surface area contributed by atoms with Gasteiger partial charge in [-0.15, -0.1) is 0 Å². The first kappa shape index (κ1) is 19.5. The van der Waals surface area contributed by atoms with Crippen LogP contribution in [0.5, 0.6) is 0 Å². The molecule has 2 aromatic carbocycles. The molecule has 2 aliphatic heterocycles. The maximum absolute atomic E-state index is 12.8. The van der Waals surface area contributed by atoms with Crippen LogP contribution in [0.3, 0.4) is 0 Å². The van der Waals surface area contributed by atoms with Crippen molar-refractivity contribution in [2.75, 3.05) is 0 Å². The van der Waals surface area contributed by atoms with Gasteiger partial charge in [0.25, 0.3) is 5.91 Å². The molecule has 2 aliphatic rings. The minimum absolute atomic E-state index is 0.0773. The molecule has 1 amide bonds. The van der Waals surface area contributed by atoms with Crippen molar-refractivity contribution in [3.05, 3.63) is 77.5 Å². The summed E-state index contributed by atoms with van der Waals surface area (Å²) in [5.74, 6) is -0.315. The van der Waals surface area contributed by atoms with E-state index in [2.05, 4.69) is 39.8 Å². The maximum Gasteiger partial charge on any atom is 0.283 e. The number of thioether (sulfide) groups is 1. The second-order valence-corrected chi connectivity index (χ2v) is 8.52. The van der Waals surface area contributed by atoms with E-state index in [-0.39, 0.29) is 11.4 Å². The Morgan fingerprint density at radius 1 is 1.10 bits per heavy atom. The summed E-state index contributed by atoms with van der Waals surface area (Å²) < 4.78 is 2.17. The molecule has 31 heavy (non-hydrogen) atoms. The van der Waals surface area contributed by atoms with Crippen LogP contribution in [0.1, 0.15) is 30.9 Å². The van der Waals surface area contributed by atoms with Gasteiger partial charge in [0.15, 0.2) is 5.84 Å². The van der Waals surface area contributed by atoms with E-state index in [1.54, 1.807) is 6.08 Å². The molecule has 0 saturated heterocycles. The first-order valence-electron chi connectivity index (χ1n) is 10.2. The van der Waals surface area contributed by atoms with Gasteiger partial charge in [0, 0.05) is 29.2 Å². The Kier molecular flexibility index (Phi) is 5.03. The van der Waals surface area contributed by atoms with Crippen LogP contribution in [0.4, 0.5) is 0 Å². The van der Waals surface area contributed by atoms with Gasteiger partial charge in [0.1, 0.15) is 5.04 Å². The summed E-state index contributed by atoms with van der Waals surface area (Å²) in [6.45, 7) is 2.81. The van der Waals surface area contributed by atoms with E-state index < -0.39 is 5.91 Å². The van der Waals surface area contributed by atoms with Crippen molar-refractivity contribution in [2.45, 2.75) is 26.3 Å². The molecule has 3 heterocycles. The summed E-state index contributed by atoms with van der Waals surface area (Å²) >= 11 is 1.38. The number of fused-ring (bicyclic) bond motifs is 2. The molecule has 7 heteroatoms. The molecule has 154 valence electrons. The van der Waals surface area contributed by atoms with E-state index in [4.69, 9.17) is 5.41 Å². The molecule has 0 radical (unpaired) electrons. The van der Waals surface area contributed by atoms with Crippen molar-refractivity contribution in [1.29, 1.82) is 5.41 Å². The van der Waals surface area contributed by atoms with E-state index in [0.717, 1.165) is 40.9 Å². The lowest BCUT2D eigenvalue weighted by Crippen LogP contribution is -2.35. The number of carbonyl (C=O) groups is 1. The highest BCUT2D eigenvalue weighted by Gasteiger charge is 2.35. The zero-order chi connectivity index (χ0) is 21.4. The van der Waals surface area contributed by atoms with E-state index >= 15 is 0 Å². The fraction of sp³-hybridized carbons (Fsp3) is 0.167. The molecule has 0 bridgehead atoms. The second kappa shape index (κ2) is 8.00. The van der Waals surface area contributed by atoms with Gasteiger partial charge >= 0.3 is 0 Å². The number of rotatable bonds is 5. The average Bonchev–Trinajstić information content (AvgIpc) is 3.34. The normalized spacial score (nSPS) is 17.3. The minimum atomic E-state index is -0.392. The number of aliphatic imine (C=N–C) groups is 1. The summed E-state index contributed by atoms with van der Waals surface area (Å²) in [5.41, 5.74) is 3.43. The van der Waals surface area contributed by atoms with E-state index in [0.29, 0.717) is 5.17 Å². The third kappa shape index (κ3) is 3.61. The van der Waals surface area contributed by atoms with Gasteiger partial charge in [-0.05, 0) is 42.3 Å². The summed E-state index contributed by atoms with van der Waals surface area (Å²) in [5, 5.41) is 17.0. The van der Waals surface area contributed by atoms with Crippen molar-refractivity contribution in [3.63, 3.8) is 0 Å². The van der Waals surface area contributed by atoms with Crippen molar-refractivity contribution in [1.82, 2.24) is 9.58 Å². The standard InChI is InChI=1S/C24H21N5OS/c1-2-8-21-27-29-22(25)19(23(30)26-24(29)31-21)13-17-15-28(14-16-9-4-3-5-10-16)20-12-7-6-11-18(17)20/h3-7,9-13,15,25H,2,8,14H2,1H3. The highest BCUT2D eigenvalue weighted by atomic mass is 32.2. The quantitative estimate of drug-likeness (QED) is 0.575. The summed E-state index contributed by atoms with van der Waals surface area (Å²) in [6, 6.07) is 18.4.